The van der Waals surface area contributed by atoms with Crippen molar-refractivity contribution in [1.29, 1.82) is 0 Å². The summed E-state index contributed by atoms with van der Waals surface area (Å²) in [5.74, 6) is 0.593. The monoisotopic (exact) mass is 2530 g/mol. The molecule has 0 aliphatic rings. The summed E-state index contributed by atoms with van der Waals surface area (Å²) in [5, 5.41) is 2.30. The molecule has 0 fully saturated rings. The third-order valence-corrected chi connectivity index (χ3v) is 22.0. The van der Waals surface area contributed by atoms with E-state index in [-0.39, 0.29) is 85.8 Å². The molecule has 21 rings (SSSR count). The molecule has 0 bridgehead atoms. The third-order valence-electron chi connectivity index (χ3n) is 22.0. The standard InChI is InChI=1S/C21H18NO.C21H20N.C19H16N.C18H14N.4C12H10N.4Ir/c1-14(2)13-15-7-5-8-16-17-9-6-10-18(21(17)23-20(15)16)19-11-3-4-12-22-19;1-21(2,3)19-12-13-22-20(15-19)18-11-7-10-17(14-18)16-8-5-4-6-9-16;1-2-15-13-19(17-11-7-4-8-12-17)20-14-18(15)16-9-5-3-6-10-16;1-14-10-11-18(19-13-14)17-9-5-8-16(12-17)15-6-3-2-4-7-15;4*1-10-7-8-12(13-9-10)11-5-3-2-4-6-11;;;;/h3-9,11-12,14H,13H2,1-2H3;4-10,12-15H,1-3H3;3-11,13-14H,2H2,1H3;2-8,10-13H,1H3;4*2-5,7-9H,1H3;;;;/q8*-1;;;;. The SMILES string of the molecule is CC(C)(C)c1ccnc(-c2[c-]ccc(-c3ccccc3)c2)c1.CC(C)Cc1cccc2c1oc1c(-c3ccccn3)[c-]ccc12.CCc1cc(-c2[c-]cccc2)ncc1-c1ccccc1.Cc1ccc(-c2[c-]ccc(-c3ccccc3)c2)nc1.Cc1ccc(-c2[c-]cccc2)nc1.Cc1ccc(-c2[c-]cccc2)nc1.Cc1ccc(-c2[c-]cccc2)nc1.Cc1ccc(-c2[c-]cccc2)nc1.[Ir].[Ir].[Ir].[Ir]. The first kappa shape index (κ1) is 108. The summed E-state index contributed by atoms with van der Waals surface area (Å²) in [6, 6.07) is 152. The molecule has 21 aromatic rings. The molecule has 0 saturated carbocycles. The fraction of sp³-hybridized carbons (Fsp3) is 0.118. The zero-order valence-corrected chi connectivity index (χ0v) is 89.8. The number of benzene rings is 12. The fourth-order valence-electron chi connectivity index (χ4n) is 14.7. The van der Waals surface area contributed by atoms with Crippen molar-refractivity contribution in [3.63, 3.8) is 0 Å². The van der Waals surface area contributed by atoms with Crippen LogP contribution in [0.1, 0.15) is 86.1 Å². The Balaban J connectivity index is 0.000000166. The van der Waals surface area contributed by atoms with Gasteiger partial charge < -0.3 is 44.3 Å². The van der Waals surface area contributed by atoms with Crippen molar-refractivity contribution in [3.8, 4) is 123 Å². The van der Waals surface area contributed by atoms with Crippen LogP contribution in [0.15, 0.2) is 430 Å². The molecule has 9 heterocycles. The van der Waals surface area contributed by atoms with Gasteiger partial charge in [0.05, 0.1) is 5.58 Å². The van der Waals surface area contributed by atoms with Crippen LogP contribution < -0.4 is 0 Å². The van der Waals surface area contributed by atoms with Crippen molar-refractivity contribution in [1.82, 2.24) is 39.9 Å². The van der Waals surface area contributed by atoms with E-state index in [1.807, 2.05) is 284 Å². The Morgan fingerprint density at radius 3 is 1.00 bits per heavy atom. The van der Waals surface area contributed by atoms with Crippen LogP contribution in [0.4, 0.5) is 0 Å². The van der Waals surface area contributed by atoms with Crippen molar-refractivity contribution in [2.24, 2.45) is 5.92 Å². The van der Waals surface area contributed by atoms with Crippen LogP contribution in [0, 0.1) is 89.1 Å². The smallest absolute Gasteiger partial charge is 0.124 e. The van der Waals surface area contributed by atoms with Crippen LogP contribution in [0.2, 0.25) is 0 Å². The number of aryl methyl sites for hydroxylation is 6. The molecule has 0 aliphatic carbocycles. The van der Waals surface area contributed by atoms with E-state index in [1.165, 1.54) is 83.3 Å². The van der Waals surface area contributed by atoms with Gasteiger partial charge in [-0.2, -0.15) is 0 Å². The van der Waals surface area contributed by atoms with E-state index in [0.29, 0.717) is 5.92 Å². The second kappa shape index (κ2) is 55.7. The van der Waals surface area contributed by atoms with Gasteiger partial charge in [-0.3, -0.25) is 0 Å². The molecule has 0 saturated heterocycles. The summed E-state index contributed by atoms with van der Waals surface area (Å²) in [7, 11) is 0. The predicted octanol–water partition coefficient (Wildman–Crippen LogP) is 31.9. The molecule has 0 unspecified atom stereocenters. The Morgan fingerprint density at radius 2 is 0.621 bits per heavy atom. The minimum Gasteiger partial charge on any atom is -0.500 e. The molecular formula is C127H108Ir4N8O-8. The van der Waals surface area contributed by atoms with Crippen LogP contribution >= 0.6 is 0 Å². The van der Waals surface area contributed by atoms with Crippen LogP contribution in [-0.2, 0) is 98.7 Å². The van der Waals surface area contributed by atoms with Gasteiger partial charge in [-0.15, -0.1) is 268 Å². The molecule has 12 aromatic carbocycles. The van der Waals surface area contributed by atoms with Gasteiger partial charge in [0, 0.05) is 141 Å². The minimum atomic E-state index is 0. The summed E-state index contributed by atoms with van der Waals surface area (Å²) < 4.78 is 6.30. The fourth-order valence-corrected chi connectivity index (χ4v) is 14.7. The average Bonchev–Trinajstić information content (AvgIpc) is 1.60. The van der Waals surface area contributed by atoms with Crippen molar-refractivity contribution < 1.29 is 84.8 Å². The zero-order valence-electron chi connectivity index (χ0n) is 80.2. The molecular weight excluding hydrogens is 2420 g/mol. The predicted molar refractivity (Wildman–Crippen MR) is 562 cm³/mol. The number of rotatable bonds is 14. The maximum atomic E-state index is 6.30. The summed E-state index contributed by atoms with van der Waals surface area (Å²) >= 11 is 0. The van der Waals surface area contributed by atoms with Crippen molar-refractivity contribution in [2.45, 2.75) is 94.4 Å². The molecule has 0 amide bonds. The molecule has 9 aromatic heterocycles. The zero-order chi connectivity index (χ0) is 94.6. The van der Waals surface area contributed by atoms with Crippen molar-refractivity contribution in [3.05, 3.63) is 519 Å². The quantitative estimate of drug-likeness (QED) is 0.0981. The number of fused-ring (bicyclic) bond motifs is 3. The van der Waals surface area contributed by atoms with E-state index in [0.717, 1.165) is 119 Å². The Kier molecular flexibility index (Phi) is 43.1. The summed E-state index contributed by atoms with van der Waals surface area (Å²) in [5.41, 5.74) is 34.9. The van der Waals surface area contributed by atoms with Gasteiger partial charge in [0.2, 0.25) is 0 Å². The number of hydrogen-bond acceptors (Lipinski definition) is 9. The Labute approximate surface area is 881 Å². The molecule has 0 aliphatic heterocycles. The summed E-state index contributed by atoms with van der Waals surface area (Å²) in [4.78, 5) is 35.3. The number of para-hydroxylation sites is 1. The maximum absolute atomic E-state index is 6.30. The molecule has 706 valence electrons. The third kappa shape index (κ3) is 31.9. The summed E-state index contributed by atoms with van der Waals surface area (Å²) in [6.07, 6.45) is 17.0. The molecule has 9 nitrogen and oxygen atoms in total. The first-order valence-electron chi connectivity index (χ1n) is 45.8. The van der Waals surface area contributed by atoms with Crippen LogP contribution in [0.25, 0.3) is 145 Å². The molecule has 0 atom stereocenters. The Morgan fingerprint density at radius 1 is 0.264 bits per heavy atom. The summed E-state index contributed by atoms with van der Waals surface area (Å²) in [6.45, 7) is 23.5. The second-order valence-electron chi connectivity index (χ2n) is 34.1. The van der Waals surface area contributed by atoms with Crippen molar-refractivity contribution >= 4 is 21.9 Å². The van der Waals surface area contributed by atoms with Gasteiger partial charge in [-0.25, -0.2) is 0 Å². The molecule has 4 radical (unpaired) electrons. The van der Waals surface area contributed by atoms with E-state index in [1.54, 1.807) is 6.20 Å². The molecule has 13 heteroatoms. The largest absolute Gasteiger partial charge is 0.500 e. The van der Waals surface area contributed by atoms with E-state index >= 15 is 0 Å². The number of hydrogen-bond donors (Lipinski definition) is 0. The number of pyridine rings is 8. The van der Waals surface area contributed by atoms with Crippen LogP contribution in [0.5, 0.6) is 0 Å². The number of aromatic nitrogens is 8. The normalized spacial score (nSPS) is 10.3. The van der Waals surface area contributed by atoms with Gasteiger partial charge in [0.25, 0.3) is 0 Å². The van der Waals surface area contributed by atoms with Crippen LogP contribution in [-0.4, -0.2) is 39.9 Å². The minimum absolute atomic E-state index is 0. The van der Waals surface area contributed by atoms with Gasteiger partial charge in [-0.1, -0.05) is 247 Å². The molecule has 140 heavy (non-hydrogen) atoms. The average molecular weight is 2530 g/mol. The van der Waals surface area contributed by atoms with Crippen molar-refractivity contribution in [2.75, 3.05) is 0 Å². The number of furan rings is 1. The van der Waals surface area contributed by atoms with E-state index in [4.69, 9.17) is 4.42 Å². The van der Waals surface area contributed by atoms with Gasteiger partial charge in [-0.05, 0) is 178 Å². The Hall–Kier alpha value is -13.8. The topological polar surface area (TPSA) is 116 Å². The van der Waals surface area contributed by atoms with Gasteiger partial charge in [0.15, 0.2) is 0 Å². The number of nitrogens with zero attached hydrogens (tertiary/aromatic N) is 8. The van der Waals surface area contributed by atoms with Gasteiger partial charge in [0.1, 0.15) is 5.58 Å². The maximum Gasteiger partial charge on any atom is 0.124 e. The van der Waals surface area contributed by atoms with E-state index in [2.05, 4.69) is 300 Å². The van der Waals surface area contributed by atoms with E-state index in [9.17, 15) is 0 Å². The Bertz CT molecular complexity index is 6880. The second-order valence-corrected chi connectivity index (χ2v) is 34.1. The first-order valence-corrected chi connectivity index (χ1v) is 45.8. The first-order chi connectivity index (χ1) is 66.4. The van der Waals surface area contributed by atoms with Gasteiger partial charge >= 0.3 is 0 Å². The van der Waals surface area contributed by atoms with E-state index < -0.39 is 0 Å². The molecule has 0 N–H and O–H groups in total. The van der Waals surface area contributed by atoms with Crippen LogP contribution in [0.3, 0.4) is 0 Å². The molecule has 0 spiro atoms.